The molecule has 0 aliphatic carbocycles. The molecule has 2 aromatic rings. The average Bonchev–Trinajstić information content (AvgIpc) is 2.54. The Morgan fingerprint density at radius 2 is 1.91 bits per heavy atom. The number of aliphatic hydroxyl groups excluding tert-OH is 1. The van der Waals surface area contributed by atoms with Crippen LogP contribution in [0.3, 0.4) is 0 Å². The van der Waals surface area contributed by atoms with Gasteiger partial charge in [-0.05, 0) is 11.6 Å². The van der Waals surface area contributed by atoms with E-state index in [4.69, 9.17) is 9.47 Å². The number of hydrogen-bond donors (Lipinski definition) is 1. The molecule has 0 saturated heterocycles. The SMILES string of the molecule is O=[N+]([O-])c1ccc(OCC(O)COCc2ccccc2)c(F)c1. The Labute approximate surface area is 132 Å². The van der Waals surface area contributed by atoms with E-state index in [1.54, 1.807) is 0 Å². The van der Waals surface area contributed by atoms with Crippen LogP contribution in [0.4, 0.5) is 10.1 Å². The molecule has 0 aliphatic rings. The van der Waals surface area contributed by atoms with Crippen molar-refractivity contribution in [3.05, 3.63) is 70.0 Å². The van der Waals surface area contributed by atoms with Gasteiger partial charge in [0.2, 0.25) is 0 Å². The molecule has 6 nitrogen and oxygen atoms in total. The Bertz CT molecular complexity index is 650. The first-order valence-corrected chi connectivity index (χ1v) is 6.92. The van der Waals surface area contributed by atoms with Crippen LogP contribution in [0, 0.1) is 15.9 Å². The van der Waals surface area contributed by atoms with Crippen molar-refractivity contribution in [1.82, 2.24) is 0 Å². The Morgan fingerprint density at radius 3 is 2.57 bits per heavy atom. The van der Waals surface area contributed by atoms with E-state index in [2.05, 4.69) is 0 Å². The quantitative estimate of drug-likeness (QED) is 0.597. The van der Waals surface area contributed by atoms with Gasteiger partial charge in [-0.1, -0.05) is 30.3 Å². The van der Waals surface area contributed by atoms with E-state index in [1.807, 2.05) is 30.3 Å². The largest absolute Gasteiger partial charge is 0.488 e. The molecule has 2 rings (SSSR count). The Hall–Kier alpha value is -2.51. The summed E-state index contributed by atoms with van der Waals surface area (Å²) in [7, 11) is 0. The highest BCUT2D eigenvalue weighted by molar-refractivity contribution is 5.37. The lowest BCUT2D eigenvalue weighted by Gasteiger charge is -2.13. The van der Waals surface area contributed by atoms with E-state index in [9.17, 15) is 19.6 Å². The third kappa shape index (κ3) is 5.32. The van der Waals surface area contributed by atoms with E-state index in [0.717, 1.165) is 23.8 Å². The highest BCUT2D eigenvalue weighted by Crippen LogP contribution is 2.22. The van der Waals surface area contributed by atoms with Gasteiger partial charge >= 0.3 is 0 Å². The van der Waals surface area contributed by atoms with E-state index in [1.165, 1.54) is 0 Å². The highest BCUT2D eigenvalue weighted by atomic mass is 19.1. The van der Waals surface area contributed by atoms with Crippen LogP contribution in [-0.2, 0) is 11.3 Å². The molecule has 23 heavy (non-hydrogen) atoms. The number of ether oxygens (including phenoxy) is 2. The van der Waals surface area contributed by atoms with Crippen molar-refractivity contribution in [3.8, 4) is 5.75 Å². The molecular formula is C16H16FNO5. The number of halogens is 1. The molecule has 1 atom stereocenters. The molecular weight excluding hydrogens is 305 g/mol. The van der Waals surface area contributed by atoms with Crippen molar-refractivity contribution >= 4 is 5.69 Å². The number of nitro groups is 1. The molecule has 0 heterocycles. The van der Waals surface area contributed by atoms with Gasteiger partial charge in [0.1, 0.15) is 12.7 Å². The molecule has 1 N–H and O–H groups in total. The molecule has 1 unspecified atom stereocenters. The zero-order valence-corrected chi connectivity index (χ0v) is 12.2. The highest BCUT2D eigenvalue weighted by Gasteiger charge is 2.13. The summed E-state index contributed by atoms with van der Waals surface area (Å²) in [6, 6.07) is 12.5. The van der Waals surface area contributed by atoms with Crippen LogP contribution in [0.15, 0.2) is 48.5 Å². The minimum atomic E-state index is -0.937. The first-order valence-electron chi connectivity index (χ1n) is 6.92. The summed E-state index contributed by atoms with van der Waals surface area (Å²) in [6.07, 6.45) is -0.937. The zero-order chi connectivity index (χ0) is 16.7. The van der Waals surface area contributed by atoms with Gasteiger partial charge in [-0.3, -0.25) is 10.1 Å². The normalized spacial score (nSPS) is 11.9. The summed E-state index contributed by atoms with van der Waals surface area (Å²) in [6.45, 7) is 0.205. The third-order valence-electron chi connectivity index (χ3n) is 2.98. The molecule has 0 aromatic heterocycles. The lowest BCUT2D eigenvalue weighted by Crippen LogP contribution is -2.23. The maximum absolute atomic E-state index is 13.6. The minimum Gasteiger partial charge on any atom is -0.488 e. The summed E-state index contributed by atoms with van der Waals surface area (Å²) < 4.78 is 24.0. The first-order chi connectivity index (χ1) is 11.1. The molecule has 0 saturated carbocycles. The van der Waals surface area contributed by atoms with E-state index in [-0.39, 0.29) is 24.7 Å². The molecule has 2 aromatic carbocycles. The van der Waals surface area contributed by atoms with Crippen LogP contribution >= 0.6 is 0 Å². The zero-order valence-electron chi connectivity index (χ0n) is 12.2. The summed E-state index contributed by atoms with van der Waals surface area (Å²) >= 11 is 0. The Kier molecular flexibility index (Phi) is 6.02. The monoisotopic (exact) mass is 321 g/mol. The fourth-order valence-electron chi connectivity index (χ4n) is 1.84. The van der Waals surface area contributed by atoms with Crippen LogP contribution in [0.2, 0.25) is 0 Å². The molecule has 0 bridgehead atoms. The molecule has 0 amide bonds. The van der Waals surface area contributed by atoms with Gasteiger partial charge in [-0.25, -0.2) is 4.39 Å². The number of rotatable bonds is 8. The second-order valence-corrected chi connectivity index (χ2v) is 4.84. The number of nitrogens with zero attached hydrogens (tertiary/aromatic N) is 1. The van der Waals surface area contributed by atoms with Crippen LogP contribution in [-0.4, -0.2) is 29.3 Å². The summed E-state index contributed by atoms with van der Waals surface area (Å²) in [5.41, 5.74) is 0.614. The molecule has 122 valence electrons. The average molecular weight is 321 g/mol. The van der Waals surface area contributed by atoms with Gasteiger partial charge in [0.25, 0.3) is 5.69 Å². The summed E-state index contributed by atoms with van der Waals surface area (Å²) in [5.74, 6) is -1.01. The third-order valence-corrected chi connectivity index (χ3v) is 2.98. The van der Waals surface area contributed by atoms with Crippen LogP contribution in [0.1, 0.15) is 5.56 Å². The minimum absolute atomic E-state index is 0.0312. The maximum atomic E-state index is 13.6. The summed E-state index contributed by atoms with van der Waals surface area (Å²) in [5, 5.41) is 20.2. The lowest BCUT2D eigenvalue weighted by molar-refractivity contribution is -0.385. The van der Waals surface area contributed by atoms with Crippen molar-refractivity contribution < 1.29 is 23.9 Å². The number of non-ortho nitro benzene ring substituents is 1. The molecule has 0 aliphatic heterocycles. The topological polar surface area (TPSA) is 81.8 Å². The fourth-order valence-corrected chi connectivity index (χ4v) is 1.84. The predicted octanol–water partition coefficient (Wildman–Crippen LogP) is 2.69. The number of nitro benzene ring substituents is 1. The van der Waals surface area contributed by atoms with Gasteiger partial charge in [-0.2, -0.15) is 0 Å². The standard InChI is InChI=1S/C16H16FNO5/c17-15-8-13(18(20)21)6-7-16(15)23-11-14(19)10-22-9-12-4-2-1-3-5-12/h1-8,14,19H,9-11H2. The molecule has 0 radical (unpaired) electrons. The number of aliphatic hydroxyl groups is 1. The van der Waals surface area contributed by atoms with Gasteiger partial charge in [-0.15, -0.1) is 0 Å². The predicted molar refractivity (Wildman–Crippen MR) is 80.7 cm³/mol. The number of benzene rings is 2. The van der Waals surface area contributed by atoms with Crippen molar-refractivity contribution in [2.24, 2.45) is 0 Å². The van der Waals surface area contributed by atoms with Crippen molar-refractivity contribution in [2.75, 3.05) is 13.2 Å². The second kappa shape index (κ2) is 8.21. The van der Waals surface area contributed by atoms with Crippen molar-refractivity contribution in [2.45, 2.75) is 12.7 Å². The molecule has 0 spiro atoms. The Balaban J connectivity index is 1.76. The second-order valence-electron chi connectivity index (χ2n) is 4.84. The van der Waals surface area contributed by atoms with Gasteiger partial charge < -0.3 is 14.6 Å². The van der Waals surface area contributed by atoms with E-state index in [0.29, 0.717) is 6.61 Å². The maximum Gasteiger partial charge on any atom is 0.272 e. The summed E-state index contributed by atoms with van der Waals surface area (Å²) in [4.78, 5) is 9.81. The van der Waals surface area contributed by atoms with Gasteiger partial charge in [0.15, 0.2) is 11.6 Å². The van der Waals surface area contributed by atoms with Crippen LogP contribution in [0.5, 0.6) is 5.75 Å². The smallest absolute Gasteiger partial charge is 0.272 e. The van der Waals surface area contributed by atoms with Crippen molar-refractivity contribution in [1.29, 1.82) is 0 Å². The number of hydrogen-bond acceptors (Lipinski definition) is 5. The van der Waals surface area contributed by atoms with Crippen LogP contribution in [0.25, 0.3) is 0 Å². The lowest BCUT2D eigenvalue weighted by atomic mass is 10.2. The van der Waals surface area contributed by atoms with E-state index < -0.39 is 16.8 Å². The van der Waals surface area contributed by atoms with Crippen molar-refractivity contribution in [3.63, 3.8) is 0 Å². The molecule has 0 fully saturated rings. The van der Waals surface area contributed by atoms with Crippen LogP contribution < -0.4 is 4.74 Å². The van der Waals surface area contributed by atoms with Gasteiger partial charge in [0, 0.05) is 6.07 Å². The van der Waals surface area contributed by atoms with E-state index >= 15 is 0 Å². The Morgan fingerprint density at radius 1 is 1.17 bits per heavy atom. The van der Waals surface area contributed by atoms with Gasteiger partial charge in [0.05, 0.1) is 24.2 Å². The first kappa shape index (κ1) is 16.9. The molecule has 7 heteroatoms. The fraction of sp³-hybridized carbons (Fsp3) is 0.250.